The minimum absolute atomic E-state index is 0.0542. The minimum atomic E-state index is -4.52. The lowest BCUT2D eigenvalue weighted by atomic mass is 9.87. The van der Waals surface area contributed by atoms with Gasteiger partial charge in [-0.3, -0.25) is 19.9 Å². The number of carbonyl (C=O) groups is 2. The summed E-state index contributed by atoms with van der Waals surface area (Å²) in [5.41, 5.74) is 0.169. The summed E-state index contributed by atoms with van der Waals surface area (Å²) in [7, 11) is 0. The highest BCUT2D eigenvalue weighted by molar-refractivity contribution is 5.99. The lowest BCUT2D eigenvalue weighted by molar-refractivity contribution is -0.199. The third-order valence-corrected chi connectivity index (χ3v) is 7.26. The van der Waals surface area contributed by atoms with Gasteiger partial charge in [0.25, 0.3) is 0 Å². The molecule has 4 rings (SSSR count). The maximum atomic E-state index is 13.3. The van der Waals surface area contributed by atoms with Crippen LogP contribution in [-0.2, 0) is 9.59 Å². The van der Waals surface area contributed by atoms with Gasteiger partial charge in [0.05, 0.1) is 6.42 Å². The van der Waals surface area contributed by atoms with Gasteiger partial charge in [-0.25, -0.2) is 4.99 Å². The Labute approximate surface area is 196 Å². The number of ether oxygens (including phenoxy) is 1. The number of nitrogens with one attached hydrogen (secondary N) is 2. The van der Waals surface area contributed by atoms with Crippen LogP contribution in [-0.4, -0.2) is 53.3 Å². The van der Waals surface area contributed by atoms with Gasteiger partial charge < -0.3 is 10.1 Å². The van der Waals surface area contributed by atoms with E-state index in [2.05, 4.69) is 10.3 Å². The van der Waals surface area contributed by atoms with E-state index in [0.717, 1.165) is 12.8 Å². The first-order valence-corrected chi connectivity index (χ1v) is 11.6. The van der Waals surface area contributed by atoms with Crippen molar-refractivity contribution >= 4 is 24.0 Å². The number of amides is 2. The number of fused-ring (bicyclic) bond motifs is 1. The van der Waals surface area contributed by atoms with Gasteiger partial charge in [0.1, 0.15) is 5.75 Å². The SMILES string of the molecule is CCC1(CC)CC(=O)N(CC2C[C@H]2C(=O)/N=C\C2C[C@@H](C(F)(F)F)Oc3ccccc32)C(=N)N1. The first-order valence-electron chi connectivity index (χ1n) is 11.6. The second-order valence-electron chi connectivity index (χ2n) is 9.39. The van der Waals surface area contributed by atoms with Crippen LogP contribution in [0.5, 0.6) is 5.75 Å². The van der Waals surface area contributed by atoms with E-state index < -0.39 is 35.6 Å². The first kappa shape index (κ1) is 24.2. The van der Waals surface area contributed by atoms with E-state index >= 15 is 0 Å². The molecule has 0 radical (unpaired) electrons. The normalized spacial score (nSPS) is 28.3. The second-order valence-corrected chi connectivity index (χ2v) is 9.39. The number of alkyl halides is 3. The van der Waals surface area contributed by atoms with Crippen molar-refractivity contribution < 1.29 is 27.5 Å². The number of hydrogen-bond acceptors (Lipinski definition) is 4. The van der Waals surface area contributed by atoms with Crippen molar-refractivity contribution in [2.45, 2.75) is 69.7 Å². The molecule has 1 saturated heterocycles. The maximum Gasteiger partial charge on any atom is 0.425 e. The minimum Gasteiger partial charge on any atom is -0.481 e. The summed E-state index contributed by atoms with van der Waals surface area (Å²) in [5, 5.41) is 11.4. The van der Waals surface area contributed by atoms with E-state index in [-0.39, 0.29) is 36.5 Å². The van der Waals surface area contributed by atoms with Crippen LogP contribution in [0.15, 0.2) is 29.3 Å². The van der Waals surface area contributed by atoms with E-state index in [4.69, 9.17) is 10.1 Å². The van der Waals surface area contributed by atoms with Crippen LogP contribution in [0.1, 0.15) is 57.4 Å². The maximum absolute atomic E-state index is 13.3. The fourth-order valence-corrected chi connectivity index (χ4v) is 4.78. The Morgan fingerprint density at radius 1 is 1.29 bits per heavy atom. The lowest BCUT2D eigenvalue weighted by Gasteiger charge is -2.42. The Morgan fingerprint density at radius 2 is 2.00 bits per heavy atom. The number of halogens is 3. The summed E-state index contributed by atoms with van der Waals surface area (Å²) in [6, 6.07) is 6.47. The van der Waals surface area contributed by atoms with Gasteiger partial charge in [0.15, 0.2) is 12.1 Å². The molecule has 0 aromatic heterocycles. The van der Waals surface area contributed by atoms with Gasteiger partial charge in [0, 0.05) is 42.1 Å². The predicted octanol–water partition coefficient (Wildman–Crippen LogP) is 4.03. The molecule has 2 aliphatic heterocycles. The predicted molar refractivity (Wildman–Crippen MR) is 120 cm³/mol. The smallest absolute Gasteiger partial charge is 0.425 e. The van der Waals surface area contributed by atoms with Crippen molar-refractivity contribution in [1.82, 2.24) is 10.2 Å². The van der Waals surface area contributed by atoms with Crippen molar-refractivity contribution in [3.8, 4) is 5.75 Å². The number of para-hydroxylation sites is 1. The van der Waals surface area contributed by atoms with E-state index in [1.807, 2.05) is 13.8 Å². The molecule has 3 aliphatic rings. The summed E-state index contributed by atoms with van der Waals surface area (Å²) in [6.07, 6.45) is -3.21. The van der Waals surface area contributed by atoms with Crippen molar-refractivity contribution in [3.63, 3.8) is 0 Å². The highest BCUT2D eigenvalue weighted by Gasteiger charge is 2.48. The first-order chi connectivity index (χ1) is 16.1. The third-order valence-electron chi connectivity index (χ3n) is 7.26. The number of nitrogens with zero attached hydrogens (tertiary/aromatic N) is 2. The van der Waals surface area contributed by atoms with Gasteiger partial charge in [0.2, 0.25) is 11.8 Å². The number of aliphatic imine (C=N–C) groups is 1. The molecule has 10 heteroatoms. The summed E-state index contributed by atoms with van der Waals surface area (Å²) < 4.78 is 45.0. The molecule has 0 bridgehead atoms. The van der Waals surface area contributed by atoms with E-state index in [1.54, 1.807) is 18.2 Å². The van der Waals surface area contributed by atoms with Crippen LogP contribution in [0.2, 0.25) is 0 Å². The van der Waals surface area contributed by atoms with Crippen molar-refractivity contribution in [3.05, 3.63) is 29.8 Å². The quantitative estimate of drug-likeness (QED) is 0.604. The number of guanidine groups is 1. The molecule has 0 spiro atoms. The number of rotatable bonds is 6. The van der Waals surface area contributed by atoms with Crippen molar-refractivity contribution in [2.75, 3.05) is 6.54 Å². The standard InChI is InChI=1S/C24H29F3N4O3/c1-3-23(4-2)11-20(32)31(22(28)30-23)13-15-9-17(15)21(33)29-12-14-10-19(24(25,26)27)34-18-8-6-5-7-16(14)18/h5-8,12,14-15,17,19H,3-4,9-11,13H2,1-2H3,(H2,28,30)/b29-12-/t14?,15?,17-,19+/m1/s1. The van der Waals surface area contributed by atoms with Crippen LogP contribution >= 0.6 is 0 Å². The second kappa shape index (κ2) is 9.03. The highest BCUT2D eigenvalue weighted by Crippen LogP contribution is 2.43. The Bertz CT molecular complexity index is 985. The molecule has 184 valence electrons. The van der Waals surface area contributed by atoms with Gasteiger partial charge in [-0.15, -0.1) is 0 Å². The largest absolute Gasteiger partial charge is 0.481 e. The molecule has 1 aromatic rings. The van der Waals surface area contributed by atoms with Gasteiger partial charge in [-0.2, -0.15) is 13.2 Å². The van der Waals surface area contributed by atoms with Crippen molar-refractivity contribution in [2.24, 2.45) is 16.8 Å². The Balaban J connectivity index is 1.38. The zero-order valence-electron chi connectivity index (χ0n) is 19.2. The molecular formula is C24H29F3N4O3. The van der Waals surface area contributed by atoms with Crippen LogP contribution in [0, 0.1) is 17.2 Å². The Morgan fingerprint density at radius 3 is 2.65 bits per heavy atom. The Hall–Kier alpha value is -2.91. The van der Waals surface area contributed by atoms with E-state index in [9.17, 15) is 22.8 Å². The van der Waals surface area contributed by atoms with E-state index in [0.29, 0.717) is 18.4 Å². The average molecular weight is 479 g/mol. The lowest BCUT2D eigenvalue weighted by Crippen LogP contribution is -2.62. The molecule has 1 saturated carbocycles. The van der Waals surface area contributed by atoms with Crippen LogP contribution in [0.25, 0.3) is 0 Å². The number of carbonyl (C=O) groups excluding carboxylic acids is 2. The topological polar surface area (TPSA) is 94.8 Å². The molecule has 7 nitrogen and oxygen atoms in total. The van der Waals surface area contributed by atoms with Crippen LogP contribution in [0.3, 0.4) is 0 Å². The number of benzene rings is 1. The zero-order valence-corrected chi connectivity index (χ0v) is 19.2. The van der Waals surface area contributed by atoms with Gasteiger partial charge in [-0.05, 0) is 31.2 Å². The summed E-state index contributed by atoms with van der Waals surface area (Å²) in [6.45, 7) is 4.22. The van der Waals surface area contributed by atoms with E-state index in [1.165, 1.54) is 17.2 Å². The molecule has 4 atom stereocenters. The van der Waals surface area contributed by atoms with Gasteiger partial charge >= 0.3 is 6.18 Å². The van der Waals surface area contributed by atoms with Crippen molar-refractivity contribution in [1.29, 1.82) is 5.41 Å². The van der Waals surface area contributed by atoms with Crippen LogP contribution in [0.4, 0.5) is 13.2 Å². The molecular weight excluding hydrogens is 449 g/mol. The monoisotopic (exact) mass is 478 g/mol. The Kier molecular flexibility index (Phi) is 6.44. The fourth-order valence-electron chi connectivity index (χ4n) is 4.78. The van der Waals surface area contributed by atoms with Crippen LogP contribution < -0.4 is 10.1 Å². The molecule has 1 aromatic carbocycles. The highest BCUT2D eigenvalue weighted by atomic mass is 19.4. The fraction of sp³-hybridized carbons (Fsp3) is 0.583. The molecule has 2 N–H and O–H groups in total. The third kappa shape index (κ3) is 4.81. The molecule has 2 heterocycles. The summed E-state index contributed by atoms with van der Waals surface area (Å²) >= 11 is 0. The molecule has 2 amide bonds. The summed E-state index contributed by atoms with van der Waals surface area (Å²) in [4.78, 5) is 30.7. The van der Waals surface area contributed by atoms with Gasteiger partial charge in [-0.1, -0.05) is 32.0 Å². The summed E-state index contributed by atoms with van der Waals surface area (Å²) in [5.74, 6) is -1.53. The molecule has 2 unspecified atom stereocenters. The molecule has 2 fully saturated rings. The average Bonchev–Trinajstić information content (AvgIpc) is 3.58. The number of hydrogen-bond donors (Lipinski definition) is 2. The zero-order chi connectivity index (χ0) is 24.7. The molecule has 1 aliphatic carbocycles. The molecule has 34 heavy (non-hydrogen) atoms.